The Labute approximate surface area is 120 Å². The fraction of sp³-hybridized carbons (Fsp3) is 0.500. The summed E-state index contributed by atoms with van der Waals surface area (Å²) in [5.74, 6) is -0.816. The molecular weight excluding hydrogens is 335 g/mol. The van der Waals surface area contributed by atoms with Crippen LogP contribution in [0.25, 0.3) is 0 Å². The Morgan fingerprint density at radius 3 is 2.53 bits per heavy atom. The van der Waals surface area contributed by atoms with Crippen LogP contribution in [0.1, 0.15) is 32.6 Å². The van der Waals surface area contributed by atoms with Crippen molar-refractivity contribution >= 4 is 31.6 Å². The Morgan fingerprint density at radius 2 is 1.95 bits per heavy atom. The summed E-state index contributed by atoms with van der Waals surface area (Å²) in [4.78, 5) is -0.410. The number of nitrogen functional groups attached to an aromatic ring is 1. The first kappa shape index (κ1) is 14.7. The number of nitrogens with two attached hydrogens (primary N) is 1. The maximum Gasteiger partial charge on any atom is 0.244 e. The number of sulfonamides is 1. The monoisotopic (exact) mass is 350 g/mol. The molecule has 4 nitrogen and oxygen atoms in total. The van der Waals surface area contributed by atoms with E-state index in [-0.39, 0.29) is 10.2 Å². The fourth-order valence-electron chi connectivity index (χ4n) is 2.42. The Balaban J connectivity index is 2.40. The molecule has 0 aliphatic heterocycles. The van der Waals surface area contributed by atoms with E-state index in [2.05, 4.69) is 20.7 Å². The second-order valence-corrected chi connectivity index (χ2v) is 7.69. The van der Waals surface area contributed by atoms with E-state index in [4.69, 9.17) is 5.73 Å². The second kappa shape index (κ2) is 5.03. The summed E-state index contributed by atoms with van der Waals surface area (Å²) in [6, 6.07) is 2.48. The maximum absolute atomic E-state index is 14.0. The van der Waals surface area contributed by atoms with Crippen LogP contribution >= 0.6 is 15.9 Å². The van der Waals surface area contributed by atoms with Gasteiger partial charge in [-0.1, -0.05) is 12.8 Å². The molecule has 0 bridgehead atoms. The maximum atomic E-state index is 14.0. The summed E-state index contributed by atoms with van der Waals surface area (Å²) in [5, 5.41) is 0. The first-order valence-electron chi connectivity index (χ1n) is 6.02. The molecule has 1 aromatic rings. The minimum Gasteiger partial charge on any atom is -0.399 e. The third kappa shape index (κ3) is 3.09. The molecule has 1 fully saturated rings. The van der Waals surface area contributed by atoms with Gasteiger partial charge in [0.2, 0.25) is 10.0 Å². The van der Waals surface area contributed by atoms with Gasteiger partial charge in [-0.3, -0.25) is 0 Å². The lowest BCUT2D eigenvalue weighted by atomic mass is 10.0. The highest BCUT2D eigenvalue weighted by atomic mass is 79.9. The molecule has 7 heteroatoms. The first-order valence-corrected chi connectivity index (χ1v) is 8.30. The molecule has 0 radical (unpaired) electrons. The van der Waals surface area contributed by atoms with Crippen LogP contribution in [-0.4, -0.2) is 14.0 Å². The number of nitrogens with one attached hydrogen (secondary N) is 1. The molecule has 0 aromatic heterocycles. The predicted octanol–water partition coefficient (Wildman–Crippen LogP) is 2.78. The standard InChI is InChI=1S/C12H16BrFN2O2S/c1-12(4-2-3-5-12)16-19(17,18)10-7-8(15)6-9(13)11(10)14/h6-7,16H,2-5,15H2,1H3. The van der Waals surface area contributed by atoms with Gasteiger partial charge in [0.05, 0.1) is 4.47 Å². The molecule has 0 heterocycles. The van der Waals surface area contributed by atoms with Gasteiger partial charge < -0.3 is 5.73 Å². The molecule has 0 saturated heterocycles. The van der Waals surface area contributed by atoms with Crippen LogP contribution in [0.4, 0.5) is 10.1 Å². The van der Waals surface area contributed by atoms with E-state index >= 15 is 0 Å². The van der Waals surface area contributed by atoms with Crippen molar-refractivity contribution < 1.29 is 12.8 Å². The van der Waals surface area contributed by atoms with Gasteiger partial charge in [-0.25, -0.2) is 17.5 Å². The van der Waals surface area contributed by atoms with Gasteiger partial charge in [0, 0.05) is 11.2 Å². The number of rotatable bonds is 3. The SMILES string of the molecule is CC1(NS(=O)(=O)c2cc(N)cc(Br)c2F)CCCC1. The number of hydrogen-bond acceptors (Lipinski definition) is 3. The van der Waals surface area contributed by atoms with Gasteiger partial charge in [0.1, 0.15) is 4.90 Å². The lowest BCUT2D eigenvalue weighted by Crippen LogP contribution is -2.43. The van der Waals surface area contributed by atoms with E-state index in [1.54, 1.807) is 0 Å². The second-order valence-electron chi connectivity index (χ2n) is 5.19. The van der Waals surface area contributed by atoms with Crippen molar-refractivity contribution in [1.82, 2.24) is 4.72 Å². The summed E-state index contributed by atoms with van der Waals surface area (Å²) < 4.78 is 41.2. The molecule has 19 heavy (non-hydrogen) atoms. The number of hydrogen-bond donors (Lipinski definition) is 2. The first-order chi connectivity index (χ1) is 8.73. The number of halogens is 2. The van der Waals surface area contributed by atoms with Gasteiger partial charge in [-0.2, -0.15) is 0 Å². The summed E-state index contributed by atoms with van der Waals surface area (Å²) >= 11 is 2.97. The molecule has 1 saturated carbocycles. The molecule has 0 atom stereocenters. The van der Waals surface area contributed by atoms with Crippen LogP contribution in [0, 0.1) is 5.82 Å². The largest absolute Gasteiger partial charge is 0.399 e. The molecule has 1 aliphatic carbocycles. The highest BCUT2D eigenvalue weighted by molar-refractivity contribution is 9.10. The Kier molecular flexibility index (Phi) is 3.90. The van der Waals surface area contributed by atoms with Gasteiger partial charge in [-0.05, 0) is 47.8 Å². The van der Waals surface area contributed by atoms with Gasteiger partial charge in [0.25, 0.3) is 0 Å². The van der Waals surface area contributed by atoms with Gasteiger partial charge in [0.15, 0.2) is 5.82 Å². The van der Waals surface area contributed by atoms with Crippen LogP contribution < -0.4 is 10.5 Å². The minimum absolute atomic E-state index is 0.0458. The smallest absolute Gasteiger partial charge is 0.244 e. The highest BCUT2D eigenvalue weighted by Crippen LogP contribution is 2.32. The van der Waals surface area contributed by atoms with Gasteiger partial charge >= 0.3 is 0 Å². The molecule has 0 unspecified atom stereocenters. The van der Waals surface area contributed by atoms with Crippen molar-refractivity contribution in [2.45, 2.75) is 43.0 Å². The summed E-state index contributed by atoms with van der Waals surface area (Å²) in [7, 11) is -3.91. The summed E-state index contributed by atoms with van der Waals surface area (Å²) in [5.41, 5.74) is 5.28. The van der Waals surface area contributed by atoms with E-state index in [0.29, 0.717) is 0 Å². The van der Waals surface area contributed by atoms with Crippen LogP contribution in [0.2, 0.25) is 0 Å². The highest BCUT2D eigenvalue weighted by Gasteiger charge is 2.35. The molecule has 3 N–H and O–H groups in total. The van der Waals surface area contributed by atoms with E-state index in [1.807, 2.05) is 6.92 Å². The quantitative estimate of drug-likeness (QED) is 0.823. The predicted molar refractivity (Wildman–Crippen MR) is 75.7 cm³/mol. The molecular formula is C12H16BrFN2O2S. The molecule has 106 valence electrons. The van der Waals surface area contributed by atoms with E-state index in [9.17, 15) is 12.8 Å². The zero-order chi connectivity index (χ0) is 14.3. The molecule has 1 aromatic carbocycles. The van der Waals surface area contributed by atoms with Crippen LogP contribution in [0.5, 0.6) is 0 Å². The summed E-state index contributed by atoms with van der Waals surface area (Å²) in [6.45, 7) is 1.84. The lowest BCUT2D eigenvalue weighted by molar-refractivity contribution is 0.425. The van der Waals surface area contributed by atoms with E-state index in [0.717, 1.165) is 31.7 Å². The molecule has 1 aliphatic rings. The Bertz CT molecular complexity index is 598. The average Bonchev–Trinajstić information content (AvgIpc) is 2.68. The fourth-order valence-corrected chi connectivity index (χ4v) is 4.63. The number of benzene rings is 1. The summed E-state index contributed by atoms with van der Waals surface area (Å²) in [6.07, 6.45) is 3.47. The Morgan fingerprint density at radius 1 is 1.37 bits per heavy atom. The van der Waals surface area contributed by atoms with E-state index in [1.165, 1.54) is 6.07 Å². The molecule has 0 amide bonds. The third-order valence-electron chi connectivity index (χ3n) is 3.39. The topological polar surface area (TPSA) is 72.2 Å². The Hall–Kier alpha value is -0.660. The van der Waals surface area contributed by atoms with Crippen molar-refractivity contribution in [2.24, 2.45) is 0 Å². The van der Waals surface area contributed by atoms with Crippen molar-refractivity contribution in [2.75, 3.05) is 5.73 Å². The van der Waals surface area contributed by atoms with Crippen LogP contribution in [0.3, 0.4) is 0 Å². The van der Waals surface area contributed by atoms with E-state index < -0.39 is 26.3 Å². The minimum atomic E-state index is -3.91. The van der Waals surface area contributed by atoms with Crippen LogP contribution in [0.15, 0.2) is 21.5 Å². The van der Waals surface area contributed by atoms with Crippen molar-refractivity contribution in [3.8, 4) is 0 Å². The number of anilines is 1. The zero-order valence-electron chi connectivity index (χ0n) is 10.5. The lowest BCUT2D eigenvalue weighted by Gasteiger charge is -2.25. The third-order valence-corrected chi connectivity index (χ3v) is 5.61. The van der Waals surface area contributed by atoms with Crippen molar-refractivity contribution in [3.63, 3.8) is 0 Å². The zero-order valence-corrected chi connectivity index (χ0v) is 12.9. The average molecular weight is 351 g/mol. The molecule has 0 spiro atoms. The van der Waals surface area contributed by atoms with Crippen molar-refractivity contribution in [1.29, 1.82) is 0 Å². The van der Waals surface area contributed by atoms with Gasteiger partial charge in [-0.15, -0.1) is 0 Å². The van der Waals surface area contributed by atoms with Crippen LogP contribution in [-0.2, 0) is 10.0 Å². The normalized spacial score (nSPS) is 18.7. The molecule has 2 rings (SSSR count). The van der Waals surface area contributed by atoms with Crippen molar-refractivity contribution in [3.05, 3.63) is 22.4 Å².